The van der Waals surface area contributed by atoms with Crippen LogP contribution in [0.2, 0.25) is 0 Å². The molecule has 5 nitrogen and oxygen atoms in total. The van der Waals surface area contributed by atoms with Crippen molar-refractivity contribution >= 4 is 26.0 Å². The molecule has 1 aromatic carbocycles. The number of sulfonamides is 1. The number of hydrogen-bond acceptors (Lipinski definition) is 4. The highest BCUT2D eigenvalue weighted by Gasteiger charge is 2.25. The third-order valence-electron chi connectivity index (χ3n) is 2.86. The van der Waals surface area contributed by atoms with Crippen molar-refractivity contribution in [3.05, 3.63) is 52.1 Å². The first-order chi connectivity index (χ1) is 9.85. The Kier molecular flexibility index (Phi) is 4.82. The van der Waals surface area contributed by atoms with E-state index in [4.69, 9.17) is 9.52 Å². The van der Waals surface area contributed by atoms with E-state index in [9.17, 15) is 12.8 Å². The number of aliphatic hydroxyl groups is 1. The second-order valence-corrected chi connectivity index (χ2v) is 6.78. The van der Waals surface area contributed by atoms with Crippen LogP contribution in [0.4, 0.5) is 4.39 Å². The van der Waals surface area contributed by atoms with Crippen LogP contribution in [0.1, 0.15) is 24.3 Å². The molecule has 0 fully saturated rings. The first-order valence-electron chi connectivity index (χ1n) is 6.01. The van der Waals surface area contributed by atoms with Crippen LogP contribution in [0.25, 0.3) is 0 Å². The first-order valence-corrected chi connectivity index (χ1v) is 8.28. The quantitative estimate of drug-likeness (QED) is 0.839. The summed E-state index contributed by atoms with van der Waals surface area (Å²) in [6.07, 6.45) is 0. The highest BCUT2D eigenvalue weighted by atomic mass is 79.9. The van der Waals surface area contributed by atoms with Crippen LogP contribution in [0.15, 0.2) is 44.3 Å². The van der Waals surface area contributed by atoms with E-state index in [1.807, 2.05) is 0 Å². The molecule has 1 aromatic heterocycles. The minimum atomic E-state index is -3.91. The molecule has 2 aromatic rings. The summed E-state index contributed by atoms with van der Waals surface area (Å²) < 4.78 is 45.6. The van der Waals surface area contributed by atoms with Crippen LogP contribution in [0.3, 0.4) is 0 Å². The molecule has 0 aliphatic heterocycles. The SMILES string of the molecule is CC(NS(=O)(=O)c1cc(CO)oc1Br)c1ccccc1F. The first kappa shape index (κ1) is 16.2. The van der Waals surface area contributed by atoms with Crippen molar-refractivity contribution in [2.45, 2.75) is 24.5 Å². The molecule has 0 spiro atoms. The largest absolute Gasteiger partial charge is 0.450 e. The summed E-state index contributed by atoms with van der Waals surface area (Å²) in [5, 5.41) is 8.96. The Bertz CT molecular complexity index is 744. The molecular formula is C13H13BrFNO4S. The zero-order valence-electron chi connectivity index (χ0n) is 11.0. The van der Waals surface area contributed by atoms with Gasteiger partial charge in [0.1, 0.15) is 23.1 Å². The summed E-state index contributed by atoms with van der Waals surface area (Å²) in [4.78, 5) is -0.144. The van der Waals surface area contributed by atoms with Gasteiger partial charge in [-0.2, -0.15) is 0 Å². The number of nitrogens with one attached hydrogen (secondary N) is 1. The van der Waals surface area contributed by atoms with Crippen molar-refractivity contribution in [1.29, 1.82) is 0 Å². The van der Waals surface area contributed by atoms with Crippen molar-refractivity contribution in [3.63, 3.8) is 0 Å². The normalized spacial score (nSPS) is 13.3. The Labute approximate surface area is 130 Å². The maximum absolute atomic E-state index is 13.7. The third kappa shape index (κ3) is 3.52. The van der Waals surface area contributed by atoms with Crippen LogP contribution in [0.5, 0.6) is 0 Å². The molecular weight excluding hydrogens is 365 g/mol. The van der Waals surface area contributed by atoms with Gasteiger partial charge in [0.2, 0.25) is 10.0 Å². The summed E-state index contributed by atoms with van der Waals surface area (Å²) >= 11 is 2.98. The van der Waals surface area contributed by atoms with Crippen molar-refractivity contribution in [2.75, 3.05) is 0 Å². The third-order valence-corrected chi connectivity index (χ3v) is 5.25. The molecule has 0 saturated heterocycles. The Hall–Kier alpha value is -1.22. The standard InChI is InChI=1S/C13H13BrFNO4S/c1-8(10-4-2-3-5-11(10)15)16-21(18,19)12-6-9(7-17)20-13(12)14/h2-6,8,16-17H,7H2,1H3. The minimum absolute atomic E-state index is 0.0141. The summed E-state index contributed by atoms with van der Waals surface area (Å²) in [6, 6.07) is 6.38. The number of benzene rings is 1. The molecule has 2 rings (SSSR count). The Morgan fingerprint density at radius 2 is 2.10 bits per heavy atom. The molecule has 2 N–H and O–H groups in total. The smallest absolute Gasteiger partial charge is 0.245 e. The predicted molar refractivity (Wildman–Crippen MR) is 77.5 cm³/mol. The topological polar surface area (TPSA) is 79.5 Å². The highest BCUT2D eigenvalue weighted by Crippen LogP contribution is 2.28. The van der Waals surface area contributed by atoms with E-state index in [0.717, 1.165) is 0 Å². The Morgan fingerprint density at radius 1 is 1.43 bits per heavy atom. The van der Waals surface area contributed by atoms with Gasteiger partial charge in [-0.1, -0.05) is 18.2 Å². The van der Waals surface area contributed by atoms with Gasteiger partial charge in [-0.3, -0.25) is 0 Å². The van der Waals surface area contributed by atoms with E-state index in [-0.39, 0.29) is 20.9 Å². The zero-order chi connectivity index (χ0) is 15.6. The van der Waals surface area contributed by atoms with Crippen LogP contribution in [-0.2, 0) is 16.6 Å². The van der Waals surface area contributed by atoms with Crippen molar-refractivity contribution in [3.8, 4) is 0 Å². The molecule has 8 heteroatoms. The number of halogens is 2. The molecule has 1 heterocycles. The molecule has 0 aliphatic carbocycles. The van der Waals surface area contributed by atoms with Crippen molar-refractivity contribution in [2.24, 2.45) is 0 Å². The van der Waals surface area contributed by atoms with E-state index in [2.05, 4.69) is 20.7 Å². The molecule has 1 unspecified atom stereocenters. The number of furan rings is 1. The van der Waals surface area contributed by atoms with Gasteiger partial charge >= 0.3 is 0 Å². The lowest BCUT2D eigenvalue weighted by molar-refractivity contribution is 0.245. The molecule has 0 aliphatic rings. The van der Waals surface area contributed by atoms with Gasteiger partial charge in [-0.25, -0.2) is 17.5 Å². The number of rotatable bonds is 5. The minimum Gasteiger partial charge on any atom is -0.450 e. The molecule has 21 heavy (non-hydrogen) atoms. The number of hydrogen-bond donors (Lipinski definition) is 2. The second-order valence-electron chi connectivity index (χ2n) is 4.37. The lowest BCUT2D eigenvalue weighted by Gasteiger charge is -2.14. The molecule has 114 valence electrons. The van der Waals surface area contributed by atoms with E-state index < -0.39 is 28.5 Å². The van der Waals surface area contributed by atoms with Crippen LogP contribution in [-0.4, -0.2) is 13.5 Å². The van der Waals surface area contributed by atoms with Gasteiger partial charge in [0.05, 0.1) is 0 Å². The molecule has 0 radical (unpaired) electrons. The fourth-order valence-corrected chi connectivity index (χ4v) is 4.07. The van der Waals surface area contributed by atoms with Gasteiger partial charge in [0, 0.05) is 17.7 Å². The van der Waals surface area contributed by atoms with E-state index in [0.29, 0.717) is 0 Å². The lowest BCUT2D eigenvalue weighted by Crippen LogP contribution is -2.27. The van der Waals surface area contributed by atoms with E-state index in [1.54, 1.807) is 6.07 Å². The lowest BCUT2D eigenvalue weighted by atomic mass is 10.1. The fraction of sp³-hybridized carbons (Fsp3) is 0.231. The van der Waals surface area contributed by atoms with Crippen molar-refractivity contribution < 1.29 is 22.3 Å². The fourth-order valence-electron chi connectivity index (χ4n) is 1.84. The summed E-state index contributed by atoms with van der Waals surface area (Å²) in [6.45, 7) is 1.12. The summed E-state index contributed by atoms with van der Waals surface area (Å²) in [5.41, 5.74) is 0.239. The maximum Gasteiger partial charge on any atom is 0.245 e. The monoisotopic (exact) mass is 377 g/mol. The maximum atomic E-state index is 13.7. The molecule has 0 amide bonds. The van der Waals surface area contributed by atoms with Crippen LogP contribution < -0.4 is 4.72 Å². The van der Waals surface area contributed by atoms with Gasteiger partial charge in [0.15, 0.2) is 4.67 Å². The highest BCUT2D eigenvalue weighted by molar-refractivity contribution is 9.10. The van der Waals surface area contributed by atoms with Crippen molar-refractivity contribution in [1.82, 2.24) is 4.72 Å². The molecule has 0 bridgehead atoms. The molecule has 0 saturated carbocycles. The summed E-state index contributed by atoms with van der Waals surface area (Å²) in [5.74, 6) is -0.379. The van der Waals surface area contributed by atoms with Gasteiger partial charge < -0.3 is 9.52 Å². The van der Waals surface area contributed by atoms with E-state index in [1.165, 1.54) is 31.2 Å². The van der Waals surface area contributed by atoms with Crippen LogP contribution >= 0.6 is 15.9 Å². The zero-order valence-corrected chi connectivity index (χ0v) is 13.4. The Balaban J connectivity index is 2.29. The van der Waals surface area contributed by atoms with Crippen LogP contribution in [0, 0.1) is 5.82 Å². The average Bonchev–Trinajstić information content (AvgIpc) is 2.81. The van der Waals surface area contributed by atoms with Gasteiger partial charge in [-0.15, -0.1) is 0 Å². The summed E-state index contributed by atoms with van der Waals surface area (Å²) in [7, 11) is -3.91. The average molecular weight is 378 g/mol. The van der Waals surface area contributed by atoms with Gasteiger partial charge in [-0.05, 0) is 28.9 Å². The second kappa shape index (κ2) is 6.27. The van der Waals surface area contributed by atoms with E-state index >= 15 is 0 Å². The predicted octanol–water partition coefficient (Wildman–Crippen LogP) is 2.71. The Morgan fingerprint density at radius 3 is 2.67 bits per heavy atom. The molecule has 1 atom stereocenters. The number of aliphatic hydroxyl groups excluding tert-OH is 1. The van der Waals surface area contributed by atoms with Gasteiger partial charge in [0.25, 0.3) is 0 Å².